The van der Waals surface area contributed by atoms with E-state index in [-0.39, 0.29) is 0 Å². The Hall–Kier alpha value is -0.930. The summed E-state index contributed by atoms with van der Waals surface area (Å²) in [5.74, 6) is 0. The average Bonchev–Trinajstić information content (AvgIpc) is 2.22. The molecule has 1 atom stereocenters. The number of pyridine rings is 1. The van der Waals surface area contributed by atoms with Gasteiger partial charge in [-0.15, -0.1) is 0 Å². The van der Waals surface area contributed by atoms with Crippen molar-refractivity contribution in [1.29, 1.82) is 0 Å². The normalized spacial score (nSPS) is 22.9. The van der Waals surface area contributed by atoms with Crippen LogP contribution >= 0.6 is 0 Å². The van der Waals surface area contributed by atoms with Crippen LogP contribution in [0.15, 0.2) is 18.5 Å². The van der Waals surface area contributed by atoms with Gasteiger partial charge in [0.05, 0.1) is 0 Å². The van der Waals surface area contributed by atoms with Gasteiger partial charge in [0.15, 0.2) is 0 Å². The Morgan fingerprint density at radius 1 is 1.60 bits per heavy atom. The van der Waals surface area contributed by atoms with E-state index >= 15 is 0 Å². The van der Waals surface area contributed by atoms with Crippen LogP contribution in [-0.4, -0.2) is 35.6 Å². The Labute approximate surface area is 91.5 Å². The smallest absolute Gasteiger partial charge is 0.0300 e. The van der Waals surface area contributed by atoms with Crippen molar-refractivity contribution >= 4 is 0 Å². The highest BCUT2D eigenvalue weighted by atomic mass is 15.2. The fraction of sp³-hybridized carbons (Fsp3) is 0.583. The Morgan fingerprint density at radius 3 is 3.20 bits per heavy atom. The van der Waals surface area contributed by atoms with E-state index in [0.717, 1.165) is 26.2 Å². The van der Waals surface area contributed by atoms with Crippen LogP contribution in [-0.2, 0) is 6.54 Å². The molecule has 1 N–H and O–H groups in total. The van der Waals surface area contributed by atoms with E-state index in [1.54, 1.807) is 0 Å². The molecule has 1 saturated heterocycles. The zero-order valence-corrected chi connectivity index (χ0v) is 9.53. The lowest BCUT2D eigenvalue weighted by Crippen LogP contribution is -2.48. The molecule has 0 radical (unpaired) electrons. The molecule has 2 heterocycles. The molecule has 2 rings (SSSR count). The third kappa shape index (κ3) is 2.76. The van der Waals surface area contributed by atoms with E-state index in [9.17, 15) is 0 Å². The van der Waals surface area contributed by atoms with Gasteiger partial charge >= 0.3 is 0 Å². The number of aryl methyl sites for hydroxylation is 1. The fourth-order valence-corrected chi connectivity index (χ4v) is 2.08. The molecule has 0 amide bonds. The molecule has 3 nitrogen and oxygen atoms in total. The maximum Gasteiger partial charge on any atom is 0.0300 e. The van der Waals surface area contributed by atoms with Crippen LogP contribution in [0.1, 0.15) is 18.1 Å². The highest BCUT2D eigenvalue weighted by Crippen LogP contribution is 2.10. The Balaban J connectivity index is 1.99. The molecule has 1 aromatic rings. The second-order valence-corrected chi connectivity index (χ2v) is 4.39. The van der Waals surface area contributed by atoms with Gasteiger partial charge in [0.25, 0.3) is 0 Å². The summed E-state index contributed by atoms with van der Waals surface area (Å²) in [5.41, 5.74) is 2.70. The van der Waals surface area contributed by atoms with Crippen molar-refractivity contribution in [2.45, 2.75) is 26.4 Å². The standard InChI is InChI=1S/C12H19N3/c1-10-7-13-4-3-12(10)9-15-6-5-14-11(2)8-15/h3-4,7,11,14H,5-6,8-9H2,1-2H3. The first kappa shape index (κ1) is 10.6. The predicted octanol–water partition coefficient (Wildman–Crippen LogP) is 1.18. The quantitative estimate of drug-likeness (QED) is 0.786. The van der Waals surface area contributed by atoms with Crippen LogP contribution in [0.2, 0.25) is 0 Å². The van der Waals surface area contributed by atoms with Crippen molar-refractivity contribution in [1.82, 2.24) is 15.2 Å². The summed E-state index contributed by atoms with van der Waals surface area (Å²) in [5, 5.41) is 3.46. The first-order chi connectivity index (χ1) is 7.25. The predicted molar refractivity (Wildman–Crippen MR) is 61.7 cm³/mol. The van der Waals surface area contributed by atoms with Gasteiger partial charge in [0.1, 0.15) is 0 Å². The van der Waals surface area contributed by atoms with Crippen molar-refractivity contribution in [3.8, 4) is 0 Å². The second-order valence-electron chi connectivity index (χ2n) is 4.39. The van der Waals surface area contributed by atoms with E-state index in [0.29, 0.717) is 6.04 Å². The third-order valence-electron chi connectivity index (χ3n) is 2.98. The number of aromatic nitrogens is 1. The number of nitrogens with zero attached hydrogens (tertiary/aromatic N) is 2. The third-order valence-corrected chi connectivity index (χ3v) is 2.98. The van der Waals surface area contributed by atoms with Crippen molar-refractivity contribution in [3.05, 3.63) is 29.6 Å². The summed E-state index contributed by atoms with van der Waals surface area (Å²) in [7, 11) is 0. The van der Waals surface area contributed by atoms with Crippen molar-refractivity contribution in [2.75, 3.05) is 19.6 Å². The zero-order chi connectivity index (χ0) is 10.7. The van der Waals surface area contributed by atoms with E-state index in [4.69, 9.17) is 0 Å². The van der Waals surface area contributed by atoms with Gasteiger partial charge in [-0.25, -0.2) is 0 Å². The van der Waals surface area contributed by atoms with Crippen LogP contribution in [0.3, 0.4) is 0 Å². The molecule has 0 aromatic carbocycles. The second kappa shape index (κ2) is 4.73. The van der Waals surface area contributed by atoms with E-state index in [1.165, 1.54) is 11.1 Å². The molecular weight excluding hydrogens is 186 g/mol. The Bertz CT molecular complexity index is 324. The maximum absolute atomic E-state index is 4.12. The van der Waals surface area contributed by atoms with Gasteiger partial charge in [-0.05, 0) is 31.0 Å². The first-order valence-corrected chi connectivity index (χ1v) is 5.61. The summed E-state index contributed by atoms with van der Waals surface area (Å²) in [6.07, 6.45) is 3.83. The number of piperazine rings is 1. The SMILES string of the molecule is Cc1cnccc1CN1CCNC(C)C1. The number of hydrogen-bond acceptors (Lipinski definition) is 3. The largest absolute Gasteiger partial charge is 0.312 e. The summed E-state index contributed by atoms with van der Waals surface area (Å²) in [4.78, 5) is 6.63. The van der Waals surface area contributed by atoms with Gasteiger partial charge in [0, 0.05) is 44.6 Å². The summed E-state index contributed by atoms with van der Waals surface area (Å²) < 4.78 is 0. The Kier molecular flexibility index (Phi) is 3.34. The summed E-state index contributed by atoms with van der Waals surface area (Å²) >= 11 is 0. The van der Waals surface area contributed by atoms with Crippen molar-refractivity contribution in [2.24, 2.45) is 0 Å². The minimum atomic E-state index is 0.612. The highest BCUT2D eigenvalue weighted by molar-refractivity contribution is 5.21. The molecule has 3 heteroatoms. The lowest BCUT2D eigenvalue weighted by atomic mass is 10.1. The minimum absolute atomic E-state index is 0.612. The van der Waals surface area contributed by atoms with E-state index in [2.05, 4.69) is 35.1 Å². The number of rotatable bonds is 2. The first-order valence-electron chi connectivity index (χ1n) is 5.61. The van der Waals surface area contributed by atoms with E-state index < -0.39 is 0 Å². The van der Waals surface area contributed by atoms with Gasteiger partial charge in [-0.2, -0.15) is 0 Å². The molecule has 0 aliphatic carbocycles. The van der Waals surface area contributed by atoms with Crippen LogP contribution in [0.4, 0.5) is 0 Å². The number of hydrogen-bond donors (Lipinski definition) is 1. The zero-order valence-electron chi connectivity index (χ0n) is 9.53. The van der Waals surface area contributed by atoms with Crippen LogP contribution in [0.5, 0.6) is 0 Å². The molecular formula is C12H19N3. The van der Waals surface area contributed by atoms with Gasteiger partial charge in [0.2, 0.25) is 0 Å². The fourth-order valence-electron chi connectivity index (χ4n) is 2.08. The molecule has 1 aliphatic rings. The maximum atomic E-state index is 4.12. The summed E-state index contributed by atoms with van der Waals surface area (Å²) in [6.45, 7) is 8.82. The van der Waals surface area contributed by atoms with Gasteiger partial charge in [-0.3, -0.25) is 9.88 Å². The molecule has 1 fully saturated rings. The average molecular weight is 205 g/mol. The Morgan fingerprint density at radius 2 is 2.47 bits per heavy atom. The monoisotopic (exact) mass is 205 g/mol. The van der Waals surface area contributed by atoms with Crippen LogP contribution in [0.25, 0.3) is 0 Å². The lowest BCUT2D eigenvalue weighted by Gasteiger charge is -2.32. The highest BCUT2D eigenvalue weighted by Gasteiger charge is 2.15. The summed E-state index contributed by atoms with van der Waals surface area (Å²) in [6, 6.07) is 2.74. The molecule has 0 saturated carbocycles. The van der Waals surface area contributed by atoms with Gasteiger partial charge < -0.3 is 5.32 Å². The lowest BCUT2D eigenvalue weighted by molar-refractivity contribution is 0.199. The molecule has 82 valence electrons. The van der Waals surface area contributed by atoms with Crippen LogP contribution in [0, 0.1) is 6.92 Å². The molecule has 15 heavy (non-hydrogen) atoms. The molecule has 0 bridgehead atoms. The van der Waals surface area contributed by atoms with Crippen LogP contribution < -0.4 is 5.32 Å². The molecule has 1 aromatic heterocycles. The molecule has 1 unspecified atom stereocenters. The number of nitrogens with one attached hydrogen (secondary N) is 1. The molecule has 0 spiro atoms. The van der Waals surface area contributed by atoms with Crippen molar-refractivity contribution < 1.29 is 0 Å². The molecule has 1 aliphatic heterocycles. The minimum Gasteiger partial charge on any atom is -0.312 e. The topological polar surface area (TPSA) is 28.2 Å². The van der Waals surface area contributed by atoms with Crippen molar-refractivity contribution in [3.63, 3.8) is 0 Å². The van der Waals surface area contributed by atoms with E-state index in [1.807, 2.05) is 12.4 Å². The van der Waals surface area contributed by atoms with Gasteiger partial charge in [-0.1, -0.05) is 0 Å².